The first-order valence-electron chi connectivity index (χ1n) is 6.43. The van der Waals surface area contributed by atoms with Crippen LogP contribution in [0, 0.1) is 0 Å². The summed E-state index contributed by atoms with van der Waals surface area (Å²) in [6, 6.07) is 3.47. The fourth-order valence-corrected chi connectivity index (χ4v) is 2.30. The Labute approximate surface area is 126 Å². The molecule has 1 aromatic rings. The summed E-state index contributed by atoms with van der Waals surface area (Å²) in [6.45, 7) is 3.90. The highest BCUT2D eigenvalue weighted by atomic mass is 79.9. The Morgan fingerprint density at radius 2 is 2.05 bits per heavy atom. The van der Waals surface area contributed by atoms with Gasteiger partial charge in [-0.2, -0.15) is 0 Å². The lowest BCUT2D eigenvalue weighted by molar-refractivity contribution is -0.128. The van der Waals surface area contributed by atoms with Gasteiger partial charge in [-0.15, -0.1) is 0 Å². The molecule has 0 saturated heterocycles. The van der Waals surface area contributed by atoms with Crippen LogP contribution in [0.3, 0.4) is 0 Å². The average molecular weight is 345 g/mol. The third-order valence-electron chi connectivity index (χ3n) is 2.77. The second kappa shape index (κ2) is 6.01. The lowest BCUT2D eigenvalue weighted by Crippen LogP contribution is -2.39. The van der Waals surface area contributed by atoms with Crippen molar-refractivity contribution in [1.82, 2.24) is 0 Å². The number of benzene rings is 1. The van der Waals surface area contributed by atoms with E-state index in [0.29, 0.717) is 41.0 Å². The SMILES string of the molecule is CC1(C)OC(=O)c2c(OCCCCO)ccc(Br)c2O1. The van der Waals surface area contributed by atoms with E-state index in [1.54, 1.807) is 26.0 Å². The Balaban J connectivity index is 2.26. The van der Waals surface area contributed by atoms with Crippen LogP contribution in [-0.2, 0) is 4.74 Å². The molecule has 0 spiro atoms. The van der Waals surface area contributed by atoms with Crippen molar-refractivity contribution in [2.45, 2.75) is 32.5 Å². The number of cyclic esters (lactones) is 1. The standard InChI is InChI=1S/C14H17BrO5/c1-14(2)19-12-9(15)5-6-10(11(12)13(17)20-14)18-8-4-3-7-16/h5-6,16H,3-4,7-8H2,1-2H3. The van der Waals surface area contributed by atoms with Crippen molar-refractivity contribution in [1.29, 1.82) is 0 Å². The summed E-state index contributed by atoms with van der Waals surface area (Å²) in [5.41, 5.74) is 0.294. The van der Waals surface area contributed by atoms with Crippen molar-refractivity contribution >= 4 is 21.9 Å². The van der Waals surface area contributed by atoms with Gasteiger partial charge >= 0.3 is 5.97 Å². The minimum Gasteiger partial charge on any atom is -0.493 e. The summed E-state index contributed by atoms with van der Waals surface area (Å²) in [6.07, 6.45) is 1.37. The van der Waals surface area contributed by atoms with Crippen molar-refractivity contribution in [3.8, 4) is 11.5 Å². The summed E-state index contributed by atoms with van der Waals surface area (Å²) >= 11 is 3.37. The summed E-state index contributed by atoms with van der Waals surface area (Å²) in [7, 11) is 0. The molecule has 1 N–H and O–H groups in total. The van der Waals surface area contributed by atoms with Crippen LogP contribution < -0.4 is 9.47 Å². The predicted octanol–water partition coefficient (Wildman–Crippen LogP) is 2.89. The molecule has 0 atom stereocenters. The van der Waals surface area contributed by atoms with Gasteiger partial charge in [0.05, 0.1) is 11.1 Å². The average Bonchev–Trinajstić information content (AvgIpc) is 2.36. The van der Waals surface area contributed by atoms with E-state index >= 15 is 0 Å². The van der Waals surface area contributed by atoms with Crippen molar-refractivity contribution in [3.05, 3.63) is 22.2 Å². The van der Waals surface area contributed by atoms with Crippen LogP contribution in [0.4, 0.5) is 0 Å². The molecule has 2 rings (SSSR count). The molecule has 0 unspecified atom stereocenters. The molecule has 0 bridgehead atoms. The molecule has 0 aromatic heterocycles. The van der Waals surface area contributed by atoms with E-state index in [0.717, 1.165) is 0 Å². The zero-order valence-electron chi connectivity index (χ0n) is 11.4. The van der Waals surface area contributed by atoms with Gasteiger partial charge in [0.15, 0.2) is 5.75 Å². The molecule has 5 nitrogen and oxygen atoms in total. The normalized spacial score (nSPS) is 16.1. The van der Waals surface area contributed by atoms with E-state index in [2.05, 4.69) is 15.9 Å². The van der Waals surface area contributed by atoms with Gasteiger partial charge < -0.3 is 19.3 Å². The predicted molar refractivity (Wildman–Crippen MR) is 76.1 cm³/mol. The van der Waals surface area contributed by atoms with E-state index in [1.165, 1.54) is 0 Å². The second-order valence-electron chi connectivity index (χ2n) is 4.92. The Morgan fingerprint density at radius 1 is 1.30 bits per heavy atom. The smallest absolute Gasteiger partial charge is 0.349 e. The lowest BCUT2D eigenvalue weighted by Gasteiger charge is -2.32. The van der Waals surface area contributed by atoms with Gasteiger partial charge in [-0.1, -0.05) is 0 Å². The zero-order chi connectivity index (χ0) is 14.8. The second-order valence-corrected chi connectivity index (χ2v) is 5.77. The fraction of sp³-hybridized carbons (Fsp3) is 0.500. The minimum atomic E-state index is -0.998. The van der Waals surface area contributed by atoms with Crippen LogP contribution in [0.25, 0.3) is 0 Å². The first-order chi connectivity index (χ1) is 9.44. The van der Waals surface area contributed by atoms with E-state index in [1.807, 2.05) is 0 Å². The number of carbonyl (C=O) groups is 1. The summed E-state index contributed by atoms with van der Waals surface area (Å²) < 4.78 is 17.2. The molecule has 110 valence electrons. The number of aliphatic hydroxyl groups excluding tert-OH is 1. The Bertz CT molecular complexity index is 513. The number of unbranched alkanes of at least 4 members (excludes halogenated alkanes) is 1. The molecule has 0 saturated carbocycles. The van der Waals surface area contributed by atoms with E-state index in [4.69, 9.17) is 19.3 Å². The molecule has 0 amide bonds. The monoisotopic (exact) mass is 344 g/mol. The molecule has 1 heterocycles. The maximum absolute atomic E-state index is 12.1. The number of rotatable bonds is 5. The Kier molecular flexibility index (Phi) is 4.55. The largest absolute Gasteiger partial charge is 0.493 e. The van der Waals surface area contributed by atoms with E-state index < -0.39 is 11.8 Å². The molecule has 20 heavy (non-hydrogen) atoms. The quantitative estimate of drug-likeness (QED) is 0.657. The number of carbonyl (C=O) groups excluding carboxylic acids is 1. The highest BCUT2D eigenvalue weighted by molar-refractivity contribution is 9.10. The molecule has 0 aliphatic carbocycles. The molecule has 6 heteroatoms. The Morgan fingerprint density at radius 3 is 2.75 bits per heavy atom. The summed E-state index contributed by atoms with van der Waals surface area (Å²) in [4.78, 5) is 12.1. The number of fused-ring (bicyclic) bond motifs is 1. The molecule has 1 aromatic carbocycles. The molecular formula is C14H17BrO5. The third kappa shape index (κ3) is 3.24. The van der Waals surface area contributed by atoms with Gasteiger partial charge in [0.25, 0.3) is 0 Å². The van der Waals surface area contributed by atoms with Crippen molar-refractivity contribution in [2.24, 2.45) is 0 Å². The van der Waals surface area contributed by atoms with Crippen LogP contribution in [0.1, 0.15) is 37.0 Å². The van der Waals surface area contributed by atoms with E-state index in [9.17, 15) is 4.79 Å². The lowest BCUT2D eigenvalue weighted by atomic mass is 10.1. The molecule has 1 aliphatic rings. The fourth-order valence-electron chi connectivity index (χ4n) is 1.89. The molecule has 0 radical (unpaired) electrons. The van der Waals surface area contributed by atoms with Crippen LogP contribution >= 0.6 is 15.9 Å². The zero-order valence-corrected chi connectivity index (χ0v) is 13.0. The van der Waals surface area contributed by atoms with Gasteiger partial charge in [0, 0.05) is 20.5 Å². The molecule has 1 aliphatic heterocycles. The van der Waals surface area contributed by atoms with Crippen LogP contribution in [0.5, 0.6) is 11.5 Å². The number of aliphatic hydroxyl groups is 1. The third-order valence-corrected chi connectivity index (χ3v) is 3.40. The number of halogens is 1. The van der Waals surface area contributed by atoms with Crippen molar-refractivity contribution in [3.63, 3.8) is 0 Å². The maximum Gasteiger partial charge on any atom is 0.349 e. The Hall–Kier alpha value is -1.27. The number of hydrogen-bond donors (Lipinski definition) is 1. The molecular weight excluding hydrogens is 328 g/mol. The number of ether oxygens (including phenoxy) is 3. The minimum absolute atomic E-state index is 0.126. The first-order valence-corrected chi connectivity index (χ1v) is 7.22. The maximum atomic E-state index is 12.1. The van der Waals surface area contributed by atoms with Crippen LogP contribution in [0.15, 0.2) is 16.6 Å². The summed E-state index contributed by atoms with van der Waals surface area (Å²) in [5, 5.41) is 8.74. The number of hydrogen-bond acceptors (Lipinski definition) is 5. The van der Waals surface area contributed by atoms with Crippen LogP contribution in [-0.4, -0.2) is 30.1 Å². The van der Waals surface area contributed by atoms with Gasteiger partial charge in [-0.25, -0.2) is 4.79 Å². The summed E-state index contributed by atoms with van der Waals surface area (Å²) in [5.74, 6) is -0.593. The highest BCUT2D eigenvalue weighted by Gasteiger charge is 2.37. The topological polar surface area (TPSA) is 65.0 Å². The molecule has 0 fully saturated rings. The van der Waals surface area contributed by atoms with Gasteiger partial charge in [-0.3, -0.25) is 0 Å². The van der Waals surface area contributed by atoms with Crippen LogP contribution in [0.2, 0.25) is 0 Å². The van der Waals surface area contributed by atoms with E-state index in [-0.39, 0.29) is 6.61 Å². The van der Waals surface area contributed by atoms with Gasteiger partial charge in [-0.05, 0) is 40.9 Å². The van der Waals surface area contributed by atoms with Crippen molar-refractivity contribution in [2.75, 3.05) is 13.2 Å². The van der Waals surface area contributed by atoms with Crippen molar-refractivity contribution < 1.29 is 24.1 Å². The van der Waals surface area contributed by atoms with Gasteiger partial charge in [0.1, 0.15) is 11.3 Å². The van der Waals surface area contributed by atoms with Gasteiger partial charge in [0.2, 0.25) is 5.79 Å². The highest BCUT2D eigenvalue weighted by Crippen LogP contribution is 2.42. The number of esters is 1. The first kappa shape index (κ1) is 15.1.